The molecule has 0 bridgehead atoms. The molecule has 0 spiro atoms. The Labute approximate surface area is 108 Å². The second kappa shape index (κ2) is 8.79. The zero-order valence-electron chi connectivity index (χ0n) is 11.3. The molecule has 1 aromatic rings. The van der Waals surface area contributed by atoms with Crippen LogP contribution in [0.2, 0.25) is 0 Å². The van der Waals surface area contributed by atoms with Crippen molar-refractivity contribution >= 4 is 5.95 Å². The molecule has 0 aliphatic carbocycles. The molecule has 0 unspecified atom stereocenters. The highest BCUT2D eigenvalue weighted by Crippen LogP contribution is 2.04. The van der Waals surface area contributed by atoms with Crippen molar-refractivity contribution in [2.24, 2.45) is 0 Å². The maximum Gasteiger partial charge on any atom is 0.225 e. The van der Waals surface area contributed by atoms with Crippen LogP contribution < -0.4 is 10.2 Å². The number of nitrogens with one attached hydrogen (secondary N) is 1. The number of anilines is 1. The van der Waals surface area contributed by atoms with E-state index in [0.717, 1.165) is 25.2 Å². The van der Waals surface area contributed by atoms with E-state index in [-0.39, 0.29) is 0 Å². The first kappa shape index (κ1) is 14.8. The molecule has 0 saturated carbocycles. The van der Waals surface area contributed by atoms with Crippen LogP contribution in [-0.4, -0.2) is 57.5 Å². The topological polar surface area (TPSA) is 59.5 Å². The van der Waals surface area contributed by atoms with Crippen molar-refractivity contribution in [2.75, 3.05) is 52.5 Å². The molecule has 0 saturated heterocycles. The summed E-state index contributed by atoms with van der Waals surface area (Å²) < 4.78 is 9.97. The molecule has 18 heavy (non-hydrogen) atoms. The Balaban J connectivity index is 2.37. The maximum absolute atomic E-state index is 5.01. The fourth-order valence-electron chi connectivity index (χ4n) is 1.37. The van der Waals surface area contributed by atoms with Crippen LogP contribution >= 0.6 is 0 Å². The van der Waals surface area contributed by atoms with Gasteiger partial charge < -0.3 is 19.7 Å². The molecule has 1 aromatic heterocycles. The number of nitrogens with zero attached hydrogens (tertiary/aromatic N) is 3. The maximum atomic E-state index is 5.01. The minimum absolute atomic E-state index is 0.667. The zero-order valence-corrected chi connectivity index (χ0v) is 11.3. The van der Waals surface area contributed by atoms with Gasteiger partial charge in [0.15, 0.2) is 0 Å². The monoisotopic (exact) mass is 254 g/mol. The van der Waals surface area contributed by atoms with E-state index in [0.29, 0.717) is 19.2 Å². The molecule has 1 heterocycles. The average molecular weight is 254 g/mol. The molecule has 0 aliphatic heterocycles. The molecule has 6 heteroatoms. The summed E-state index contributed by atoms with van der Waals surface area (Å²) in [6.45, 7) is 3.73. The lowest BCUT2D eigenvalue weighted by Crippen LogP contribution is -2.24. The second-order valence-electron chi connectivity index (χ2n) is 3.98. The summed E-state index contributed by atoms with van der Waals surface area (Å²) in [5.41, 5.74) is 1.06. The summed E-state index contributed by atoms with van der Waals surface area (Å²) in [6, 6.07) is 0. The zero-order chi connectivity index (χ0) is 13.2. The van der Waals surface area contributed by atoms with Gasteiger partial charge in [0.2, 0.25) is 5.95 Å². The Morgan fingerprint density at radius 2 is 1.83 bits per heavy atom. The lowest BCUT2D eigenvalue weighted by molar-refractivity contribution is 0.199. The van der Waals surface area contributed by atoms with E-state index in [1.165, 1.54) is 0 Å². The van der Waals surface area contributed by atoms with Crippen LogP contribution in [0, 0.1) is 0 Å². The predicted molar refractivity (Wildman–Crippen MR) is 70.8 cm³/mol. The lowest BCUT2D eigenvalue weighted by atomic mass is 10.3. The van der Waals surface area contributed by atoms with Crippen LogP contribution in [0.1, 0.15) is 5.56 Å². The Hall–Kier alpha value is -1.24. The SMILES string of the molecule is COCCNCc1cnc(N(C)CCOC)nc1. The fraction of sp³-hybridized carbons (Fsp3) is 0.667. The molecular formula is C12H22N4O2. The Morgan fingerprint density at radius 1 is 1.17 bits per heavy atom. The smallest absolute Gasteiger partial charge is 0.225 e. The third kappa shape index (κ3) is 5.39. The first-order valence-corrected chi connectivity index (χ1v) is 5.98. The first-order chi connectivity index (χ1) is 8.77. The van der Waals surface area contributed by atoms with E-state index in [4.69, 9.17) is 9.47 Å². The highest BCUT2D eigenvalue weighted by molar-refractivity contribution is 5.28. The van der Waals surface area contributed by atoms with E-state index >= 15 is 0 Å². The van der Waals surface area contributed by atoms with Gasteiger partial charge in [-0.15, -0.1) is 0 Å². The second-order valence-corrected chi connectivity index (χ2v) is 3.98. The number of hydrogen-bond donors (Lipinski definition) is 1. The van der Waals surface area contributed by atoms with Crippen molar-refractivity contribution in [2.45, 2.75) is 6.54 Å². The lowest BCUT2D eigenvalue weighted by Gasteiger charge is -2.16. The van der Waals surface area contributed by atoms with Crippen molar-refractivity contribution in [3.8, 4) is 0 Å². The minimum Gasteiger partial charge on any atom is -0.383 e. The molecule has 0 atom stereocenters. The average Bonchev–Trinajstić information content (AvgIpc) is 2.41. The van der Waals surface area contributed by atoms with Gasteiger partial charge in [-0.2, -0.15) is 0 Å². The van der Waals surface area contributed by atoms with Gasteiger partial charge in [-0.25, -0.2) is 9.97 Å². The van der Waals surface area contributed by atoms with Gasteiger partial charge in [-0.1, -0.05) is 0 Å². The van der Waals surface area contributed by atoms with Crippen molar-refractivity contribution < 1.29 is 9.47 Å². The molecule has 1 N–H and O–H groups in total. The van der Waals surface area contributed by atoms with Crippen molar-refractivity contribution in [1.82, 2.24) is 15.3 Å². The molecule has 102 valence electrons. The van der Waals surface area contributed by atoms with E-state index in [1.807, 2.05) is 24.3 Å². The third-order valence-electron chi connectivity index (χ3n) is 2.48. The van der Waals surface area contributed by atoms with Gasteiger partial charge in [0.1, 0.15) is 0 Å². The Bertz CT molecular complexity index is 318. The van der Waals surface area contributed by atoms with Gasteiger partial charge in [0, 0.05) is 58.9 Å². The standard InChI is InChI=1S/C12H22N4O2/c1-16(5-7-18-3)12-14-9-11(10-15-12)8-13-4-6-17-2/h9-10,13H,4-8H2,1-3H3. The highest BCUT2D eigenvalue weighted by atomic mass is 16.5. The van der Waals surface area contributed by atoms with Gasteiger partial charge in [0.05, 0.1) is 13.2 Å². The summed E-state index contributed by atoms with van der Waals surface area (Å²) >= 11 is 0. The Kier molecular flexibility index (Phi) is 7.24. The van der Waals surface area contributed by atoms with Crippen LogP contribution in [0.4, 0.5) is 5.95 Å². The summed E-state index contributed by atoms with van der Waals surface area (Å²) in [6.07, 6.45) is 3.68. The van der Waals surface area contributed by atoms with Crippen LogP contribution in [0.15, 0.2) is 12.4 Å². The number of ether oxygens (including phenoxy) is 2. The van der Waals surface area contributed by atoms with Crippen LogP contribution in [0.25, 0.3) is 0 Å². The number of rotatable bonds is 9. The Morgan fingerprint density at radius 3 is 2.44 bits per heavy atom. The number of hydrogen-bond acceptors (Lipinski definition) is 6. The first-order valence-electron chi connectivity index (χ1n) is 5.98. The number of aromatic nitrogens is 2. The molecule has 0 amide bonds. The van der Waals surface area contributed by atoms with Gasteiger partial charge in [-0.05, 0) is 0 Å². The molecule has 0 aliphatic rings. The normalized spacial score (nSPS) is 10.6. The third-order valence-corrected chi connectivity index (χ3v) is 2.48. The largest absolute Gasteiger partial charge is 0.383 e. The van der Waals surface area contributed by atoms with E-state index in [9.17, 15) is 0 Å². The van der Waals surface area contributed by atoms with Crippen LogP contribution in [0.5, 0.6) is 0 Å². The number of likely N-dealkylation sites (N-methyl/N-ethyl adjacent to an activating group) is 1. The minimum atomic E-state index is 0.667. The van der Waals surface area contributed by atoms with Crippen molar-refractivity contribution in [1.29, 1.82) is 0 Å². The van der Waals surface area contributed by atoms with E-state index < -0.39 is 0 Å². The van der Waals surface area contributed by atoms with Crippen LogP contribution in [0.3, 0.4) is 0 Å². The molecular weight excluding hydrogens is 232 g/mol. The van der Waals surface area contributed by atoms with Crippen molar-refractivity contribution in [3.05, 3.63) is 18.0 Å². The van der Waals surface area contributed by atoms with E-state index in [1.54, 1.807) is 14.2 Å². The summed E-state index contributed by atoms with van der Waals surface area (Å²) in [7, 11) is 5.32. The van der Waals surface area contributed by atoms with Gasteiger partial charge in [-0.3, -0.25) is 0 Å². The molecule has 0 fully saturated rings. The quantitative estimate of drug-likeness (QED) is 0.639. The molecule has 6 nitrogen and oxygen atoms in total. The molecule has 0 radical (unpaired) electrons. The summed E-state index contributed by atoms with van der Waals surface area (Å²) in [4.78, 5) is 10.6. The number of methoxy groups -OCH3 is 2. The fourth-order valence-corrected chi connectivity index (χ4v) is 1.37. The van der Waals surface area contributed by atoms with Crippen LogP contribution in [-0.2, 0) is 16.0 Å². The highest BCUT2D eigenvalue weighted by Gasteiger charge is 2.03. The van der Waals surface area contributed by atoms with E-state index in [2.05, 4.69) is 15.3 Å². The summed E-state index contributed by atoms with van der Waals surface area (Å²) in [5, 5.41) is 3.25. The van der Waals surface area contributed by atoms with Gasteiger partial charge in [0.25, 0.3) is 0 Å². The molecule has 0 aromatic carbocycles. The molecule has 1 rings (SSSR count). The van der Waals surface area contributed by atoms with Crippen molar-refractivity contribution in [3.63, 3.8) is 0 Å². The van der Waals surface area contributed by atoms with Gasteiger partial charge >= 0.3 is 0 Å². The predicted octanol–water partition coefficient (Wildman–Crippen LogP) is 0.295. The summed E-state index contributed by atoms with van der Waals surface area (Å²) in [5.74, 6) is 0.715.